The molecule has 0 aromatic heterocycles. The van der Waals surface area contributed by atoms with Gasteiger partial charge in [0, 0.05) is 12.0 Å². The number of ether oxygens (including phenoxy) is 1. The first kappa shape index (κ1) is 7.56. The summed E-state index contributed by atoms with van der Waals surface area (Å²) in [5.74, 6) is 0.701. The highest BCUT2D eigenvalue weighted by Crippen LogP contribution is 2.39. The summed E-state index contributed by atoms with van der Waals surface area (Å²) >= 11 is 0. The summed E-state index contributed by atoms with van der Waals surface area (Å²) in [6.45, 7) is 2.19. The Morgan fingerprint density at radius 2 is 2.18 bits per heavy atom. The van der Waals surface area contributed by atoms with Crippen LogP contribution in [0.15, 0.2) is 0 Å². The van der Waals surface area contributed by atoms with Crippen LogP contribution in [0.2, 0.25) is 0 Å². The van der Waals surface area contributed by atoms with E-state index in [9.17, 15) is 0 Å². The number of hydrogen-bond donors (Lipinski definition) is 1. The van der Waals surface area contributed by atoms with E-state index in [0.717, 1.165) is 0 Å². The van der Waals surface area contributed by atoms with Crippen molar-refractivity contribution >= 4 is 0 Å². The molecule has 0 spiro atoms. The minimum Gasteiger partial charge on any atom is -0.375 e. The van der Waals surface area contributed by atoms with Crippen LogP contribution in [0.4, 0.5) is 0 Å². The van der Waals surface area contributed by atoms with Gasteiger partial charge in [-0.1, -0.05) is 6.92 Å². The first-order chi connectivity index (χ1) is 5.31. The Balaban J connectivity index is 1.81. The molecule has 2 nitrogen and oxygen atoms in total. The van der Waals surface area contributed by atoms with Gasteiger partial charge in [0.2, 0.25) is 0 Å². The van der Waals surface area contributed by atoms with Crippen LogP contribution in [0.5, 0.6) is 0 Å². The normalized spacial score (nSPS) is 49.6. The highest BCUT2D eigenvalue weighted by molar-refractivity contribution is 4.97. The lowest BCUT2D eigenvalue weighted by Crippen LogP contribution is -2.16. The van der Waals surface area contributed by atoms with E-state index in [1.54, 1.807) is 0 Å². The molecule has 0 radical (unpaired) electrons. The second kappa shape index (κ2) is 2.76. The Morgan fingerprint density at radius 1 is 1.45 bits per heavy atom. The molecule has 1 saturated carbocycles. The van der Waals surface area contributed by atoms with Crippen molar-refractivity contribution < 1.29 is 4.74 Å². The summed E-state index contributed by atoms with van der Waals surface area (Å²) in [4.78, 5) is 0. The van der Waals surface area contributed by atoms with Crippen molar-refractivity contribution in [2.24, 2.45) is 11.7 Å². The van der Waals surface area contributed by atoms with Crippen LogP contribution in [0, 0.1) is 5.92 Å². The summed E-state index contributed by atoms with van der Waals surface area (Å²) < 4.78 is 5.82. The summed E-state index contributed by atoms with van der Waals surface area (Å²) in [6.07, 6.45) is 5.91. The van der Waals surface area contributed by atoms with Crippen molar-refractivity contribution in [2.75, 3.05) is 0 Å². The fraction of sp³-hybridized carbons (Fsp3) is 1.00. The van der Waals surface area contributed by atoms with Crippen molar-refractivity contribution in [3.05, 3.63) is 0 Å². The van der Waals surface area contributed by atoms with Crippen LogP contribution in [-0.4, -0.2) is 18.2 Å². The molecular weight excluding hydrogens is 138 g/mol. The van der Waals surface area contributed by atoms with Gasteiger partial charge in [-0.15, -0.1) is 0 Å². The predicted molar refractivity (Wildman–Crippen MR) is 44.3 cm³/mol. The monoisotopic (exact) mass is 155 g/mol. The van der Waals surface area contributed by atoms with Gasteiger partial charge in [0.25, 0.3) is 0 Å². The molecule has 2 N–H and O–H groups in total. The van der Waals surface area contributed by atoms with Gasteiger partial charge in [-0.25, -0.2) is 0 Å². The first-order valence-corrected chi connectivity index (χ1v) is 4.72. The Morgan fingerprint density at radius 3 is 2.64 bits per heavy atom. The molecular formula is C9H17NO. The van der Waals surface area contributed by atoms with Gasteiger partial charge in [-0.05, 0) is 25.7 Å². The van der Waals surface area contributed by atoms with E-state index in [1.807, 2.05) is 0 Å². The van der Waals surface area contributed by atoms with E-state index in [4.69, 9.17) is 10.5 Å². The summed E-state index contributed by atoms with van der Waals surface area (Å²) in [6, 6.07) is 0.454. The van der Waals surface area contributed by atoms with Crippen LogP contribution in [-0.2, 0) is 4.74 Å². The van der Waals surface area contributed by atoms with Crippen LogP contribution in [0.1, 0.15) is 32.6 Å². The molecule has 0 aromatic rings. The maximum absolute atomic E-state index is 5.82. The zero-order valence-electron chi connectivity index (χ0n) is 7.12. The van der Waals surface area contributed by atoms with Crippen molar-refractivity contribution in [3.63, 3.8) is 0 Å². The molecule has 11 heavy (non-hydrogen) atoms. The van der Waals surface area contributed by atoms with E-state index in [2.05, 4.69) is 6.92 Å². The van der Waals surface area contributed by atoms with Crippen LogP contribution in [0.25, 0.3) is 0 Å². The van der Waals surface area contributed by atoms with Crippen LogP contribution >= 0.6 is 0 Å². The van der Waals surface area contributed by atoms with Crippen LogP contribution < -0.4 is 5.73 Å². The van der Waals surface area contributed by atoms with E-state index in [0.29, 0.717) is 24.2 Å². The Labute approximate surface area is 68.1 Å². The van der Waals surface area contributed by atoms with Crippen molar-refractivity contribution in [1.82, 2.24) is 0 Å². The van der Waals surface area contributed by atoms with Crippen molar-refractivity contribution in [3.8, 4) is 0 Å². The largest absolute Gasteiger partial charge is 0.375 e. The average molecular weight is 155 g/mol. The van der Waals surface area contributed by atoms with E-state index >= 15 is 0 Å². The topological polar surface area (TPSA) is 35.2 Å². The third-order valence-corrected chi connectivity index (χ3v) is 2.96. The quantitative estimate of drug-likeness (QED) is 0.652. The molecule has 1 aliphatic carbocycles. The minimum absolute atomic E-state index is 0.454. The number of nitrogens with two attached hydrogens (primary N) is 1. The third kappa shape index (κ3) is 1.42. The lowest BCUT2D eigenvalue weighted by molar-refractivity contribution is 0.0303. The fourth-order valence-corrected chi connectivity index (χ4v) is 2.01. The van der Waals surface area contributed by atoms with Gasteiger partial charge >= 0.3 is 0 Å². The fourth-order valence-electron chi connectivity index (χ4n) is 2.01. The Kier molecular flexibility index (Phi) is 1.90. The smallest absolute Gasteiger partial charge is 0.0623 e. The summed E-state index contributed by atoms with van der Waals surface area (Å²) in [5, 5.41) is 0. The molecule has 0 bridgehead atoms. The highest BCUT2D eigenvalue weighted by Gasteiger charge is 2.43. The van der Waals surface area contributed by atoms with Gasteiger partial charge in [0.15, 0.2) is 0 Å². The second-order valence-corrected chi connectivity index (χ2v) is 3.85. The Bertz CT molecular complexity index is 148. The van der Waals surface area contributed by atoms with Crippen molar-refractivity contribution in [1.29, 1.82) is 0 Å². The van der Waals surface area contributed by atoms with E-state index < -0.39 is 0 Å². The van der Waals surface area contributed by atoms with E-state index in [1.165, 1.54) is 25.7 Å². The molecule has 1 saturated heterocycles. The molecule has 1 aliphatic heterocycles. The molecule has 2 heteroatoms. The molecule has 4 unspecified atom stereocenters. The lowest BCUT2D eigenvalue weighted by atomic mass is 10.1. The standard InChI is InChI=1S/C9H17NO/c1-2-6-3-4-9(11-6)7-5-8(7)10/h6-9H,2-5,10H2,1H3. The van der Waals surface area contributed by atoms with Gasteiger partial charge in [-0.2, -0.15) is 0 Å². The zero-order chi connectivity index (χ0) is 7.84. The second-order valence-electron chi connectivity index (χ2n) is 3.85. The van der Waals surface area contributed by atoms with Gasteiger partial charge < -0.3 is 10.5 Å². The zero-order valence-corrected chi connectivity index (χ0v) is 7.12. The summed E-state index contributed by atoms with van der Waals surface area (Å²) in [7, 11) is 0. The van der Waals surface area contributed by atoms with Gasteiger partial charge in [0.1, 0.15) is 0 Å². The number of hydrogen-bond acceptors (Lipinski definition) is 2. The van der Waals surface area contributed by atoms with E-state index in [-0.39, 0.29) is 0 Å². The highest BCUT2D eigenvalue weighted by atomic mass is 16.5. The summed E-state index contributed by atoms with van der Waals surface area (Å²) in [5.41, 5.74) is 5.75. The molecule has 4 atom stereocenters. The molecule has 1 heterocycles. The SMILES string of the molecule is CCC1CCC(C2CC2N)O1. The van der Waals surface area contributed by atoms with Crippen molar-refractivity contribution in [2.45, 2.75) is 50.9 Å². The third-order valence-electron chi connectivity index (χ3n) is 2.96. The molecule has 64 valence electrons. The maximum Gasteiger partial charge on any atom is 0.0623 e. The van der Waals surface area contributed by atoms with Gasteiger partial charge in [-0.3, -0.25) is 0 Å². The van der Waals surface area contributed by atoms with Crippen LogP contribution in [0.3, 0.4) is 0 Å². The molecule has 2 rings (SSSR count). The molecule has 0 aromatic carbocycles. The first-order valence-electron chi connectivity index (χ1n) is 4.72. The number of rotatable bonds is 2. The van der Waals surface area contributed by atoms with Gasteiger partial charge in [0.05, 0.1) is 12.2 Å². The average Bonchev–Trinajstić information content (AvgIpc) is 2.59. The molecule has 2 fully saturated rings. The Hall–Kier alpha value is -0.0800. The lowest BCUT2D eigenvalue weighted by Gasteiger charge is -2.10. The predicted octanol–water partition coefficient (Wildman–Crippen LogP) is 1.29. The maximum atomic E-state index is 5.82. The minimum atomic E-state index is 0.454. The molecule has 2 aliphatic rings. The molecule has 0 amide bonds.